The number of carbonyl (C=O) groups excluding carboxylic acids is 2. The summed E-state index contributed by atoms with van der Waals surface area (Å²) in [5, 5.41) is 28.1. The number of thiazole rings is 1. The SMILES string of the molecule is Cc1ncsc1-c1ccc(C(CO)NC(=O)C2CC(O)CN2C(=O)C(n2cc(C(C)(C)C)cn2)C(C)(C)C)cc1. The number of carbonyl (C=O) groups is 2. The highest BCUT2D eigenvalue weighted by Crippen LogP contribution is 2.36. The molecule has 1 saturated heterocycles. The molecule has 1 aliphatic heterocycles. The third kappa shape index (κ3) is 6.29. The minimum Gasteiger partial charge on any atom is -0.394 e. The lowest BCUT2D eigenvalue weighted by Crippen LogP contribution is -2.51. The number of nitrogens with zero attached hydrogens (tertiary/aromatic N) is 4. The van der Waals surface area contributed by atoms with Crippen LogP contribution in [0, 0.1) is 12.3 Å². The highest BCUT2D eigenvalue weighted by atomic mass is 32.1. The Balaban J connectivity index is 1.54. The third-order valence-corrected chi connectivity index (χ3v) is 8.45. The van der Waals surface area contributed by atoms with Gasteiger partial charge in [-0.1, -0.05) is 65.8 Å². The van der Waals surface area contributed by atoms with Gasteiger partial charge < -0.3 is 20.4 Å². The molecular formula is C30H41N5O4S. The quantitative estimate of drug-likeness (QED) is 0.397. The molecule has 1 fully saturated rings. The Morgan fingerprint density at radius 1 is 1.15 bits per heavy atom. The molecule has 4 rings (SSSR count). The van der Waals surface area contributed by atoms with Gasteiger partial charge in [0.15, 0.2) is 0 Å². The lowest BCUT2D eigenvalue weighted by Gasteiger charge is -2.35. The Bertz CT molecular complexity index is 1340. The van der Waals surface area contributed by atoms with Gasteiger partial charge in [-0.25, -0.2) is 4.98 Å². The van der Waals surface area contributed by atoms with E-state index in [1.807, 2.05) is 58.2 Å². The monoisotopic (exact) mass is 567 g/mol. The minimum absolute atomic E-state index is 0.0591. The van der Waals surface area contributed by atoms with Crippen molar-refractivity contribution in [3.05, 3.63) is 59.0 Å². The molecule has 3 N–H and O–H groups in total. The van der Waals surface area contributed by atoms with E-state index >= 15 is 0 Å². The van der Waals surface area contributed by atoms with Crippen LogP contribution in [-0.2, 0) is 15.0 Å². The fraction of sp³-hybridized carbons (Fsp3) is 0.533. The molecule has 3 aromatic rings. The van der Waals surface area contributed by atoms with Crippen molar-refractivity contribution in [3.8, 4) is 10.4 Å². The molecule has 2 aromatic heterocycles. The van der Waals surface area contributed by atoms with Crippen LogP contribution in [-0.4, -0.2) is 67.0 Å². The van der Waals surface area contributed by atoms with Crippen LogP contribution >= 0.6 is 11.3 Å². The Morgan fingerprint density at radius 2 is 1.82 bits per heavy atom. The number of aliphatic hydroxyl groups excluding tert-OH is 2. The van der Waals surface area contributed by atoms with Gasteiger partial charge in [-0.15, -0.1) is 11.3 Å². The van der Waals surface area contributed by atoms with Gasteiger partial charge in [-0.2, -0.15) is 5.10 Å². The predicted molar refractivity (Wildman–Crippen MR) is 156 cm³/mol. The number of nitrogens with one attached hydrogen (secondary N) is 1. The van der Waals surface area contributed by atoms with Crippen molar-refractivity contribution < 1.29 is 19.8 Å². The molecule has 40 heavy (non-hydrogen) atoms. The summed E-state index contributed by atoms with van der Waals surface area (Å²) >= 11 is 1.56. The van der Waals surface area contributed by atoms with E-state index in [1.165, 1.54) is 4.90 Å². The maximum atomic E-state index is 14.0. The molecular weight excluding hydrogens is 526 g/mol. The number of hydrogen-bond acceptors (Lipinski definition) is 7. The number of aromatic nitrogens is 3. The van der Waals surface area contributed by atoms with E-state index in [-0.39, 0.29) is 30.9 Å². The predicted octanol–water partition coefficient (Wildman–Crippen LogP) is 4.01. The van der Waals surface area contributed by atoms with E-state index in [4.69, 9.17) is 0 Å². The zero-order valence-electron chi connectivity index (χ0n) is 24.4. The van der Waals surface area contributed by atoms with Gasteiger partial charge in [0.05, 0.1) is 41.0 Å². The zero-order chi connectivity index (χ0) is 29.4. The molecule has 0 bridgehead atoms. The molecule has 2 amide bonds. The Kier molecular flexibility index (Phi) is 8.54. The van der Waals surface area contributed by atoms with Crippen LogP contribution < -0.4 is 5.32 Å². The normalized spacial score (nSPS) is 19.5. The first-order chi connectivity index (χ1) is 18.7. The Labute approximate surface area is 240 Å². The van der Waals surface area contributed by atoms with Crippen LogP contribution in [0.25, 0.3) is 10.4 Å². The number of amides is 2. The first-order valence-corrected chi connectivity index (χ1v) is 14.5. The molecule has 1 aromatic carbocycles. The number of aliphatic hydroxyl groups is 2. The summed E-state index contributed by atoms with van der Waals surface area (Å²) in [5.74, 6) is -0.674. The maximum Gasteiger partial charge on any atom is 0.248 e. The van der Waals surface area contributed by atoms with Gasteiger partial charge >= 0.3 is 0 Å². The number of β-amino-alcohol motifs (C(OH)–C–C–N with tert-alkyl or cyclic N) is 1. The van der Waals surface area contributed by atoms with Crippen LogP contribution in [0.3, 0.4) is 0 Å². The summed E-state index contributed by atoms with van der Waals surface area (Å²) < 4.78 is 1.69. The largest absolute Gasteiger partial charge is 0.394 e. The van der Waals surface area contributed by atoms with E-state index < -0.39 is 35.6 Å². The summed E-state index contributed by atoms with van der Waals surface area (Å²) in [6.45, 7) is 13.9. The molecule has 0 aliphatic carbocycles. The number of hydrogen-bond donors (Lipinski definition) is 3. The van der Waals surface area contributed by atoms with Crippen molar-refractivity contribution in [3.63, 3.8) is 0 Å². The molecule has 0 radical (unpaired) electrons. The fourth-order valence-electron chi connectivity index (χ4n) is 5.16. The van der Waals surface area contributed by atoms with Gasteiger partial charge in [0.1, 0.15) is 12.1 Å². The average molecular weight is 568 g/mol. The van der Waals surface area contributed by atoms with Crippen LogP contribution in [0.15, 0.2) is 42.2 Å². The second-order valence-corrected chi connectivity index (χ2v) is 13.6. The lowest BCUT2D eigenvalue weighted by molar-refractivity contribution is -0.144. The van der Waals surface area contributed by atoms with Crippen LogP contribution in [0.4, 0.5) is 0 Å². The van der Waals surface area contributed by atoms with Gasteiger partial charge in [-0.05, 0) is 34.4 Å². The van der Waals surface area contributed by atoms with Gasteiger partial charge in [0.2, 0.25) is 11.8 Å². The van der Waals surface area contributed by atoms with Crippen molar-refractivity contribution in [1.82, 2.24) is 25.0 Å². The van der Waals surface area contributed by atoms with Crippen molar-refractivity contribution in [1.29, 1.82) is 0 Å². The molecule has 0 saturated carbocycles. The Hall–Kier alpha value is -3.08. The molecule has 216 valence electrons. The standard InChI is InChI=1S/C30H41N5O4S/c1-18-25(40-17-31-18)20-10-8-19(9-11-20)23(16-36)33-27(38)24-12-22(37)15-34(24)28(39)26(30(5,6)7)35-14-21(13-32-35)29(2,3)4/h8-11,13-14,17,22-24,26,36-37H,12,15-16H2,1-7H3,(H,33,38). The molecule has 4 unspecified atom stereocenters. The van der Waals surface area contributed by atoms with Crippen molar-refractivity contribution >= 4 is 23.2 Å². The smallest absolute Gasteiger partial charge is 0.248 e. The highest BCUT2D eigenvalue weighted by Gasteiger charge is 2.45. The van der Waals surface area contributed by atoms with Crippen LogP contribution in [0.5, 0.6) is 0 Å². The minimum atomic E-state index is -0.863. The fourth-order valence-corrected chi connectivity index (χ4v) is 5.97. The first kappa shape index (κ1) is 29.9. The average Bonchev–Trinajstić information content (AvgIpc) is 3.61. The van der Waals surface area contributed by atoms with E-state index in [9.17, 15) is 19.8 Å². The summed E-state index contributed by atoms with van der Waals surface area (Å²) in [7, 11) is 0. The zero-order valence-corrected chi connectivity index (χ0v) is 25.2. The van der Waals surface area contributed by atoms with Crippen molar-refractivity contribution in [2.24, 2.45) is 5.41 Å². The van der Waals surface area contributed by atoms with Gasteiger partial charge in [-0.3, -0.25) is 14.3 Å². The maximum absolute atomic E-state index is 14.0. The second kappa shape index (κ2) is 11.4. The molecule has 1 aliphatic rings. The molecule has 4 atom stereocenters. The number of benzene rings is 1. The van der Waals surface area contributed by atoms with Gasteiger partial charge in [0, 0.05) is 19.2 Å². The Morgan fingerprint density at radius 3 is 2.35 bits per heavy atom. The lowest BCUT2D eigenvalue weighted by atomic mass is 9.85. The number of likely N-dealkylation sites (tertiary alicyclic amines) is 1. The second-order valence-electron chi connectivity index (χ2n) is 12.8. The third-order valence-electron chi connectivity index (χ3n) is 7.47. The van der Waals surface area contributed by atoms with Gasteiger partial charge in [0.25, 0.3) is 0 Å². The summed E-state index contributed by atoms with van der Waals surface area (Å²) in [6.07, 6.45) is 2.98. The topological polar surface area (TPSA) is 121 Å². The van der Waals surface area contributed by atoms with Crippen molar-refractivity contribution in [2.45, 2.75) is 84.5 Å². The molecule has 10 heteroatoms. The van der Waals surface area contributed by atoms with E-state index in [0.29, 0.717) is 0 Å². The summed E-state index contributed by atoms with van der Waals surface area (Å²) in [5.41, 5.74) is 4.89. The van der Waals surface area contributed by atoms with E-state index in [0.717, 1.165) is 27.3 Å². The number of aryl methyl sites for hydroxylation is 1. The molecule has 9 nitrogen and oxygen atoms in total. The highest BCUT2D eigenvalue weighted by molar-refractivity contribution is 7.13. The first-order valence-electron chi connectivity index (χ1n) is 13.7. The summed E-state index contributed by atoms with van der Waals surface area (Å²) in [6, 6.07) is 5.47. The van der Waals surface area contributed by atoms with Crippen LogP contribution in [0.2, 0.25) is 0 Å². The number of rotatable bonds is 7. The van der Waals surface area contributed by atoms with Crippen LogP contribution in [0.1, 0.15) is 76.9 Å². The molecule has 0 spiro atoms. The van der Waals surface area contributed by atoms with E-state index in [2.05, 4.69) is 36.2 Å². The summed E-state index contributed by atoms with van der Waals surface area (Å²) in [4.78, 5) is 34.4. The molecule has 3 heterocycles. The van der Waals surface area contributed by atoms with Crippen molar-refractivity contribution in [2.75, 3.05) is 13.2 Å². The van der Waals surface area contributed by atoms with E-state index in [1.54, 1.807) is 27.7 Å².